The van der Waals surface area contributed by atoms with Crippen LogP contribution in [0.1, 0.15) is 15.2 Å². The lowest BCUT2D eigenvalue weighted by molar-refractivity contribution is 0.112. The van der Waals surface area contributed by atoms with Crippen LogP contribution < -0.4 is 4.90 Å². The summed E-state index contributed by atoms with van der Waals surface area (Å²) in [6.07, 6.45) is 4.72. The van der Waals surface area contributed by atoms with E-state index in [0.717, 1.165) is 28.3 Å². The van der Waals surface area contributed by atoms with Gasteiger partial charge in [-0.15, -0.1) is 11.3 Å². The highest BCUT2D eigenvalue weighted by molar-refractivity contribution is 7.17. The van der Waals surface area contributed by atoms with Crippen molar-refractivity contribution in [3.63, 3.8) is 0 Å². The highest BCUT2D eigenvalue weighted by atomic mass is 32.1. The van der Waals surface area contributed by atoms with Crippen molar-refractivity contribution in [2.24, 2.45) is 7.05 Å². The molecule has 0 unspecified atom stereocenters. The second-order valence-corrected chi connectivity index (χ2v) is 4.77. The fourth-order valence-electron chi connectivity index (χ4n) is 1.52. The van der Waals surface area contributed by atoms with E-state index in [4.69, 9.17) is 0 Å². The normalized spacial score (nSPS) is 10.4. The van der Waals surface area contributed by atoms with Gasteiger partial charge >= 0.3 is 0 Å². The largest absolute Gasteiger partial charge is 0.362 e. The van der Waals surface area contributed by atoms with Gasteiger partial charge in [0.25, 0.3) is 0 Å². The SMILES string of the molecule is CN(Cc1cnn(C)c1)c1ccc(C=O)s1. The Kier molecular flexibility index (Phi) is 3.05. The van der Waals surface area contributed by atoms with Gasteiger partial charge in [0.15, 0.2) is 6.29 Å². The number of aldehydes is 1. The fraction of sp³-hybridized carbons (Fsp3) is 0.273. The van der Waals surface area contributed by atoms with E-state index in [1.165, 1.54) is 11.3 Å². The molecule has 4 nitrogen and oxygen atoms in total. The molecule has 0 atom stereocenters. The van der Waals surface area contributed by atoms with E-state index in [-0.39, 0.29) is 0 Å². The van der Waals surface area contributed by atoms with Gasteiger partial charge in [0.2, 0.25) is 0 Å². The molecule has 2 aromatic heterocycles. The predicted octanol–water partition coefficient (Wildman–Crippen LogP) is 1.93. The number of hydrogen-bond acceptors (Lipinski definition) is 4. The molecule has 0 radical (unpaired) electrons. The standard InChI is InChI=1S/C11H13N3OS/c1-13(6-9-5-12-14(2)7-9)11-4-3-10(8-15)16-11/h3-5,7-8H,6H2,1-2H3. The molecule has 0 aliphatic carbocycles. The molecule has 0 fully saturated rings. The van der Waals surface area contributed by atoms with Gasteiger partial charge in [-0.1, -0.05) is 0 Å². The van der Waals surface area contributed by atoms with Crippen LogP contribution in [0.4, 0.5) is 5.00 Å². The van der Waals surface area contributed by atoms with Crippen LogP contribution in [0.3, 0.4) is 0 Å². The van der Waals surface area contributed by atoms with Crippen LogP contribution in [0.2, 0.25) is 0 Å². The van der Waals surface area contributed by atoms with E-state index in [1.54, 1.807) is 4.68 Å². The van der Waals surface area contributed by atoms with Crippen molar-refractivity contribution >= 4 is 22.6 Å². The zero-order valence-electron chi connectivity index (χ0n) is 9.25. The smallest absolute Gasteiger partial charge is 0.160 e. The first-order valence-electron chi connectivity index (χ1n) is 4.92. The average Bonchev–Trinajstić information content (AvgIpc) is 2.87. The van der Waals surface area contributed by atoms with Crippen LogP contribution in [0.25, 0.3) is 0 Å². The lowest BCUT2D eigenvalue weighted by Gasteiger charge is -2.15. The maximum absolute atomic E-state index is 10.6. The van der Waals surface area contributed by atoms with Crippen molar-refractivity contribution in [3.05, 3.63) is 35.0 Å². The second kappa shape index (κ2) is 4.49. The van der Waals surface area contributed by atoms with Gasteiger partial charge in [-0.25, -0.2) is 0 Å². The molecule has 16 heavy (non-hydrogen) atoms. The lowest BCUT2D eigenvalue weighted by atomic mass is 10.3. The maximum Gasteiger partial charge on any atom is 0.160 e. The van der Waals surface area contributed by atoms with Gasteiger partial charge in [0.05, 0.1) is 16.1 Å². The molecule has 0 spiro atoms. The summed E-state index contributed by atoms with van der Waals surface area (Å²) in [6.45, 7) is 0.798. The van der Waals surface area contributed by atoms with E-state index in [2.05, 4.69) is 10.00 Å². The highest BCUT2D eigenvalue weighted by Crippen LogP contribution is 2.24. The number of thiophene rings is 1. The van der Waals surface area contributed by atoms with Crippen molar-refractivity contribution in [3.8, 4) is 0 Å². The van der Waals surface area contributed by atoms with Gasteiger partial charge in [-0.3, -0.25) is 9.48 Å². The monoisotopic (exact) mass is 235 g/mol. The first-order valence-corrected chi connectivity index (χ1v) is 5.74. The number of carbonyl (C=O) groups excluding carboxylic acids is 1. The first kappa shape index (κ1) is 10.9. The fourth-order valence-corrected chi connectivity index (χ4v) is 2.30. The van der Waals surface area contributed by atoms with Gasteiger partial charge < -0.3 is 4.90 Å². The molecule has 0 N–H and O–H groups in total. The molecule has 2 heterocycles. The van der Waals surface area contributed by atoms with Crippen molar-refractivity contribution in [1.29, 1.82) is 0 Å². The number of nitrogens with zero attached hydrogens (tertiary/aromatic N) is 3. The third-order valence-corrected chi connectivity index (χ3v) is 3.41. The Morgan fingerprint density at radius 3 is 2.94 bits per heavy atom. The highest BCUT2D eigenvalue weighted by Gasteiger charge is 2.06. The summed E-state index contributed by atoms with van der Waals surface area (Å²) in [4.78, 5) is 13.4. The van der Waals surface area contributed by atoms with Gasteiger partial charge in [-0.05, 0) is 12.1 Å². The number of aromatic nitrogens is 2. The van der Waals surface area contributed by atoms with E-state index in [9.17, 15) is 4.79 Å². The molecule has 84 valence electrons. The summed E-state index contributed by atoms with van der Waals surface area (Å²) in [5.41, 5.74) is 1.16. The number of hydrogen-bond donors (Lipinski definition) is 0. The molecule has 0 aromatic carbocycles. The molecular weight excluding hydrogens is 222 g/mol. The molecule has 0 aliphatic heterocycles. The predicted molar refractivity (Wildman–Crippen MR) is 65.0 cm³/mol. The quantitative estimate of drug-likeness (QED) is 0.760. The first-order chi connectivity index (χ1) is 7.69. The van der Waals surface area contributed by atoms with Crippen molar-refractivity contribution in [2.75, 3.05) is 11.9 Å². The summed E-state index contributed by atoms with van der Waals surface area (Å²) in [6, 6.07) is 3.80. The van der Waals surface area contributed by atoms with Crippen LogP contribution >= 0.6 is 11.3 Å². The summed E-state index contributed by atoms with van der Waals surface area (Å²) >= 11 is 1.50. The van der Waals surface area contributed by atoms with Crippen molar-refractivity contribution in [1.82, 2.24) is 9.78 Å². The van der Waals surface area contributed by atoms with Gasteiger partial charge in [0.1, 0.15) is 0 Å². The minimum absolute atomic E-state index is 0.757. The van der Waals surface area contributed by atoms with E-state index in [1.807, 2.05) is 38.6 Å². The number of carbonyl (C=O) groups is 1. The van der Waals surface area contributed by atoms with Gasteiger partial charge in [-0.2, -0.15) is 5.10 Å². The molecular formula is C11H13N3OS. The summed E-state index contributed by atoms with van der Waals surface area (Å²) in [7, 11) is 3.91. The Labute approximate surface area is 98.1 Å². The van der Waals surface area contributed by atoms with Crippen molar-refractivity contribution < 1.29 is 4.79 Å². The molecule has 0 saturated heterocycles. The number of rotatable bonds is 4. The minimum atomic E-state index is 0.757. The molecule has 0 saturated carbocycles. The van der Waals surface area contributed by atoms with Crippen LogP contribution in [-0.4, -0.2) is 23.1 Å². The maximum atomic E-state index is 10.6. The molecule has 0 bridgehead atoms. The molecule has 2 aromatic rings. The molecule has 0 aliphatic rings. The van der Waals surface area contributed by atoms with Crippen LogP contribution in [0, 0.1) is 0 Å². The zero-order chi connectivity index (χ0) is 11.5. The Morgan fingerprint density at radius 1 is 1.56 bits per heavy atom. The Morgan fingerprint density at radius 2 is 2.38 bits per heavy atom. The van der Waals surface area contributed by atoms with E-state index >= 15 is 0 Å². The second-order valence-electron chi connectivity index (χ2n) is 3.67. The minimum Gasteiger partial charge on any atom is -0.362 e. The molecule has 2 rings (SSSR count). The Bertz CT molecular complexity index is 489. The number of aryl methyl sites for hydroxylation is 1. The third kappa shape index (κ3) is 2.30. The van der Waals surface area contributed by atoms with Crippen LogP contribution in [0.15, 0.2) is 24.5 Å². The summed E-state index contributed by atoms with van der Waals surface area (Å²) in [5, 5.41) is 5.21. The summed E-state index contributed by atoms with van der Waals surface area (Å²) < 4.78 is 1.79. The lowest BCUT2D eigenvalue weighted by Crippen LogP contribution is -2.14. The third-order valence-electron chi connectivity index (χ3n) is 2.28. The topological polar surface area (TPSA) is 38.1 Å². The summed E-state index contributed by atoms with van der Waals surface area (Å²) in [5.74, 6) is 0. The molecule has 5 heteroatoms. The van der Waals surface area contributed by atoms with E-state index < -0.39 is 0 Å². The van der Waals surface area contributed by atoms with Crippen LogP contribution in [-0.2, 0) is 13.6 Å². The van der Waals surface area contributed by atoms with Crippen molar-refractivity contribution in [2.45, 2.75) is 6.54 Å². The molecule has 0 amide bonds. The number of anilines is 1. The van der Waals surface area contributed by atoms with Crippen LogP contribution in [0.5, 0.6) is 0 Å². The zero-order valence-corrected chi connectivity index (χ0v) is 10.1. The van der Waals surface area contributed by atoms with Gasteiger partial charge in [0, 0.05) is 32.4 Å². The Balaban J connectivity index is 2.07. The van der Waals surface area contributed by atoms with E-state index in [0.29, 0.717) is 0 Å². The Hall–Kier alpha value is -1.62. The average molecular weight is 235 g/mol.